The highest BCUT2D eigenvalue weighted by atomic mass is 19.4. The highest BCUT2D eigenvalue weighted by molar-refractivity contribution is 6.04. The van der Waals surface area contributed by atoms with Crippen molar-refractivity contribution >= 4 is 29.0 Å². The van der Waals surface area contributed by atoms with Crippen molar-refractivity contribution in [2.75, 3.05) is 11.1 Å². The van der Waals surface area contributed by atoms with Crippen molar-refractivity contribution in [3.05, 3.63) is 71.9 Å². The van der Waals surface area contributed by atoms with Crippen molar-refractivity contribution in [3.63, 3.8) is 0 Å². The van der Waals surface area contributed by atoms with Gasteiger partial charge in [0.15, 0.2) is 0 Å². The summed E-state index contributed by atoms with van der Waals surface area (Å²) in [6.07, 6.45) is 2.29. The molecule has 3 heterocycles. The number of hydrogen-bond acceptors (Lipinski definition) is 6. The number of carboxylic acids is 1. The number of nitrogens with two attached hydrogens (primary N) is 1. The molecule has 39 heavy (non-hydrogen) atoms. The van der Waals surface area contributed by atoms with Gasteiger partial charge in [-0.25, -0.2) is 15.0 Å². The van der Waals surface area contributed by atoms with Crippen molar-refractivity contribution < 1.29 is 27.9 Å². The number of nitrogens with zero attached hydrogens (tertiary/aromatic N) is 4. The van der Waals surface area contributed by atoms with Crippen LogP contribution < -0.4 is 11.1 Å². The first-order valence-electron chi connectivity index (χ1n) is 12.3. The van der Waals surface area contributed by atoms with Gasteiger partial charge in [-0.1, -0.05) is 18.6 Å². The lowest BCUT2D eigenvalue weighted by atomic mass is 9.70. The van der Waals surface area contributed by atoms with Gasteiger partial charge in [-0.15, -0.1) is 0 Å². The van der Waals surface area contributed by atoms with Gasteiger partial charge in [-0.2, -0.15) is 13.2 Å². The number of imidazole rings is 1. The molecule has 3 aromatic heterocycles. The van der Waals surface area contributed by atoms with Crippen LogP contribution in [0.25, 0.3) is 16.8 Å². The fraction of sp³-hybridized carbons (Fsp3) is 0.296. The number of rotatable bonds is 5. The van der Waals surface area contributed by atoms with Crippen LogP contribution in [0.5, 0.6) is 0 Å². The van der Waals surface area contributed by atoms with E-state index in [0.717, 1.165) is 31.2 Å². The number of nitrogens with one attached hydrogen (secondary N) is 1. The maximum absolute atomic E-state index is 13.0. The predicted molar refractivity (Wildman–Crippen MR) is 137 cm³/mol. The first-order valence-corrected chi connectivity index (χ1v) is 12.3. The van der Waals surface area contributed by atoms with Crippen LogP contribution in [-0.4, -0.2) is 36.3 Å². The van der Waals surface area contributed by atoms with Gasteiger partial charge in [0, 0.05) is 35.6 Å². The molecule has 1 aromatic carbocycles. The third kappa shape index (κ3) is 5.01. The predicted octanol–water partition coefficient (Wildman–Crippen LogP) is 5.39. The van der Waals surface area contributed by atoms with E-state index in [1.165, 1.54) is 12.1 Å². The molecule has 1 aliphatic carbocycles. The molecule has 0 aliphatic heterocycles. The lowest BCUT2D eigenvalue weighted by Gasteiger charge is -2.34. The number of aromatic nitrogens is 4. The number of carboxylic acid groups (broad SMARTS) is 1. The lowest BCUT2D eigenvalue weighted by molar-refractivity contribution is -0.150. The number of benzene rings is 1. The molecule has 2 atom stereocenters. The minimum absolute atomic E-state index is 0.104. The van der Waals surface area contributed by atoms with Crippen LogP contribution in [0.15, 0.2) is 55.0 Å². The maximum Gasteiger partial charge on any atom is 0.416 e. The number of hydrogen-bond donors (Lipinski definition) is 3. The number of halogens is 3. The van der Waals surface area contributed by atoms with Crippen molar-refractivity contribution in [2.24, 2.45) is 5.41 Å². The van der Waals surface area contributed by atoms with Crippen LogP contribution >= 0.6 is 0 Å². The fourth-order valence-electron chi connectivity index (χ4n) is 5.12. The molecule has 4 N–H and O–H groups in total. The van der Waals surface area contributed by atoms with Crippen LogP contribution in [0.1, 0.15) is 60.3 Å². The third-order valence-electron chi connectivity index (χ3n) is 7.22. The Labute approximate surface area is 220 Å². The summed E-state index contributed by atoms with van der Waals surface area (Å²) in [5.41, 5.74) is 6.41. The largest absolute Gasteiger partial charge is 0.481 e. The van der Waals surface area contributed by atoms with Gasteiger partial charge < -0.3 is 16.2 Å². The number of carbonyl (C=O) groups excluding carboxylic acids is 1. The number of alkyl halides is 3. The SMILES string of the molecule is C[C@]1(C(=O)O)CCC[C@@H](c2nc(-c3ccc(C(=O)Nc4cc(C(F)(F)F)ccn4)cc3)c3c(N)nccn23)C1. The summed E-state index contributed by atoms with van der Waals surface area (Å²) in [6.45, 7) is 1.76. The quantitative estimate of drug-likeness (QED) is 0.310. The molecule has 9 nitrogen and oxygen atoms in total. The number of amides is 1. The summed E-state index contributed by atoms with van der Waals surface area (Å²) >= 11 is 0. The second-order valence-electron chi connectivity index (χ2n) is 9.97. The second kappa shape index (κ2) is 9.68. The topological polar surface area (TPSA) is 135 Å². The van der Waals surface area contributed by atoms with E-state index < -0.39 is 29.0 Å². The van der Waals surface area contributed by atoms with E-state index in [-0.39, 0.29) is 23.1 Å². The van der Waals surface area contributed by atoms with Gasteiger partial charge in [-0.05, 0) is 50.5 Å². The van der Waals surface area contributed by atoms with Gasteiger partial charge in [0.05, 0.1) is 11.0 Å². The van der Waals surface area contributed by atoms with E-state index in [2.05, 4.69) is 15.3 Å². The number of pyridine rings is 1. The average Bonchev–Trinajstić information content (AvgIpc) is 3.29. The Kier molecular flexibility index (Phi) is 6.49. The number of nitrogen functional groups attached to an aromatic ring is 1. The maximum atomic E-state index is 13.0. The Morgan fingerprint density at radius 3 is 2.59 bits per heavy atom. The highest BCUT2D eigenvalue weighted by Crippen LogP contribution is 2.45. The fourth-order valence-corrected chi connectivity index (χ4v) is 5.12. The number of anilines is 2. The summed E-state index contributed by atoms with van der Waals surface area (Å²) in [7, 11) is 0. The molecule has 0 saturated heterocycles. The molecule has 1 amide bonds. The molecule has 4 aromatic rings. The number of carbonyl (C=O) groups is 2. The van der Waals surface area contributed by atoms with E-state index in [1.54, 1.807) is 31.5 Å². The van der Waals surface area contributed by atoms with Crippen LogP contribution in [0.4, 0.5) is 24.8 Å². The van der Waals surface area contributed by atoms with Crippen molar-refractivity contribution in [3.8, 4) is 11.3 Å². The molecule has 0 unspecified atom stereocenters. The summed E-state index contributed by atoms with van der Waals surface area (Å²) in [5, 5.41) is 12.2. The smallest absolute Gasteiger partial charge is 0.416 e. The number of fused-ring (bicyclic) bond motifs is 1. The molecule has 1 aliphatic rings. The minimum atomic E-state index is -4.56. The molecule has 1 saturated carbocycles. The van der Waals surface area contributed by atoms with Gasteiger partial charge in [0.1, 0.15) is 28.7 Å². The van der Waals surface area contributed by atoms with Gasteiger partial charge in [0.2, 0.25) is 0 Å². The Bertz CT molecular complexity index is 1570. The Morgan fingerprint density at radius 1 is 1.15 bits per heavy atom. The molecular formula is C27H25F3N6O3. The van der Waals surface area contributed by atoms with Crippen molar-refractivity contribution in [1.82, 2.24) is 19.4 Å². The third-order valence-corrected chi connectivity index (χ3v) is 7.22. The summed E-state index contributed by atoms with van der Waals surface area (Å²) in [6, 6.07) is 7.96. The van der Waals surface area contributed by atoms with E-state index >= 15 is 0 Å². The van der Waals surface area contributed by atoms with Crippen molar-refractivity contribution in [1.29, 1.82) is 0 Å². The van der Waals surface area contributed by atoms with Crippen LogP contribution in [-0.2, 0) is 11.0 Å². The summed E-state index contributed by atoms with van der Waals surface area (Å²) in [5.74, 6) is -0.834. The molecule has 0 radical (unpaired) electrons. The van der Waals surface area contributed by atoms with Crippen LogP contribution in [0, 0.1) is 5.41 Å². The molecule has 1 fully saturated rings. The Hall–Kier alpha value is -4.48. The monoisotopic (exact) mass is 538 g/mol. The van der Waals surface area contributed by atoms with E-state index in [0.29, 0.717) is 35.4 Å². The van der Waals surface area contributed by atoms with Gasteiger partial charge in [0.25, 0.3) is 5.91 Å². The Morgan fingerprint density at radius 2 is 1.90 bits per heavy atom. The standard InChI is InChI=1S/C27H25F3N6O3/c1-26(25(38)39)9-2-3-17(14-26)23-35-20(21-22(31)33-11-12-36(21)23)15-4-6-16(7-5-15)24(37)34-19-13-18(8-10-32-19)27(28,29)30/h4-8,10-13,17H,2-3,9,14H2,1H3,(H2,31,33)(H,38,39)(H,32,34,37)/t17-,26+/m1/s1. The van der Waals surface area contributed by atoms with Crippen molar-refractivity contribution in [2.45, 2.75) is 44.7 Å². The zero-order valence-electron chi connectivity index (χ0n) is 20.9. The zero-order valence-corrected chi connectivity index (χ0v) is 20.9. The minimum Gasteiger partial charge on any atom is -0.481 e. The molecule has 0 bridgehead atoms. The molecule has 202 valence electrons. The first-order chi connectivity index (χ1) is 18.5. The van der Waals surface area contributed by atoms with E-state index in [1.807, 2.05) is 4.40 Å². The summed E-state index contributed by atoms with van der Waals surface area (Å²) < 4.78 is 40.8. The normalized spacial score (nSPS) is 19.6. The average molecular weight is 539 g/mol. The molecule has 0 spiro atoms. The highest BCUT2D eigenvalue weighted by Gasteiger charge is 2.40. The lowest BCUT2D eigenvalue weighted by Crippen LogP contribution is -2.33. The zero-order chi connectivity index (χ0) is 27.9. The molecule has 12 heteroatoms. The van der Waals surface area contributed by atoms with Crippen LogP contribution in [0.2, 0.25) is 0 Å². The Balaban J connectivity index is 1.45. The molecule has 5 rings (SSSR count). The van der Waals surface area contributed by atoms with E-state index in [4.69, 9.17) is 10.7 Å². The van der Waals surface area contributed by atoms with Crippen LogP contribution in [0.3, 0.4) is 0 Å². The summed E-state index contributed by atoms with van der Waals surface area (Å²) in [4.78, 5) is 37.5. The van der Waals surface area contributed by atoms with Gasteiger partial charge >= 0.3 is 12.1 Å². The van der Waals surface area contributed by atoms with E-state index in [9.17, 15) is 27.9 Å². The number of aliphatic carboxylic acids is 1. The first kappa shape index (κ1) is 26.1. The second-order valence-corrected chi connectivity index (χ2v) is 9.97. The van der Waals surface area contributed by atoms with Gasteiger partial charge in [-0.3, -0.25) is 14.0 Å². The molecular weight excluding hydrogens is 513 g/mol.